The number of fused-ring (bicyclic) bond motifs is 1. The molecule has 0 radical (unpaired) electrons. The largest absolute Gasteiger partial charge is 0.359 e. The number of carbonyl (C=O) groups is 1. The van der Waals surface area contributed by atoms with Gasteiger partial charge in [-0.3, -0.25) is 10.1 Å². The van der Waals surface area contributed by atoms with Gasteiger partial charge < -0.3 is 5.32 Å². The molecule has 0 atom stereocenters. The van der Waals surface area contributed by atoms with Gasteiger partial charge >= 0.3 is 0 Å². The van der Waals surface area contributed by atoms with E-state index in [1.807, 2.05) is 29.6 Å². The number of para-hydroxylation sites is 1. The molecular weight excluding hydrogens is 310 g/mol. The van der Waals surface area contributed by atoms with Crippen molar-refractivity contribution in [3.63, 3.8) is 0 Å². The van der Waals surface area contributed by atoms with Crippen molar-refractivity contribution in [2.75, 3.05) is 17.4 Å². The van der Waals surface area contributed by atoms with Gasteiger partial charge in [0.1, 0.15) is 0 Å². The number of rotatable bonds is 2. The van der Waals surface area contributed by atoms with Gasteiger partial charge in [-0.2, -0.15) is 0 Å². The first-order valence-corrected chi connectivity index (χ1v) is 7.71. The first-order chi connectivity index (χ1) is 10.3. The number of nitrogens with one attached hydrogen (secondary N) is 2. The zero-order chi connectivity index (χ0) is 14.5. The van der Waals surface area contributed by atoms with E-state index in [0.29, 0.717) is 16.8 Å². The maximum absolute atomic E-state index is 12.0. The van der Waals surface area contributed by atoms with Crippen molar-refractivity contribution < 1.29 is 14.6 Å². The lowest BCUT2D eigenvalue weighted by molar-refractivity contribution is -0.112. The lowest BCUT2D eigenvalue weighted by Gasteiger charge is -2.16. The van der Waals surface area contributed by atoms with E-state index in [9.17, 15) is 4.79 Å². The van der Waals surface area contributed by atoms with Crippen molar-refractivity contribution in [3.8, 4) is 0 Å². The van der Waals surface area contributed by atoms with E-state index < -0.39 is 0 Å². The van der Waals surface area contributed by atoms with E-state index in [1.165, 1.54) is 23.1 Å². The summed E-state index contributed by atoms with van der Waals surface area (Å²) in [5.74, 6) is -0.142. The van der Waals surface area contributed by atoms with Crippen molar-refractivity contribution in [3.05, 3.63) is 46.9 Å². The smallest absolute Gasteiger partial charge is 0.265 e. The number of thiazole rings is 1. The molecule has 1 amide bonds. The number of anilines is 2. The number of amides is 1. The van der Waals surface area contributed by atoms with Crippen LogP contribution in [0.15, 0.2) is 51.8 Å². The average molecular weight is 321 g/mol. The fraction of sp³-hybridized carbons (Fsp3) is 0.0769. The summed E-state index contributed by atoms with van der Waals surface area (Å²) in [5.41, 5.74) is 1.02. The standard InChI is InChI=1S/C12H9N3OS2.CH2O2/c16-11(15-12-13-5-6-17-12)10-7-14-8-3-1-2-4-9(8)18-10;1-2-3-1/h1-7,14H,(H,13,15,16);1H2. The molecule has 1 aromatic carbocycles. The maximum Gasteiger partial charge on any atom is 0.265 e. The van der Waals surface area contributed by atoms with Crippen LogP contribution in [0, 0.1) is 0 Å². The zero-order valence-corrected chi connectivity index (χ0v) is 12.4. The van der Waals surface area contributed by atoms with E-state index in [0.717, 1.165) is 10.6 Å². The molecule has 0 saturated carbocycles. The summed E-state index contributed by atoms with van der Waals surface area (Å²) >= 11 is 2.85. The Morgan fingerprint density at radius 1 is 1.33 bits per heavy atom. The topological polar surface area (TPSA) is 79.1 Å². The Balaban J connectivity index is 0.000000393. The van der Waals surface area contributed by atoms with Crippen LogP contribution in [0.5, 0.6) is 0 Å². The number of hydrogen-bond donors (Lipinski definition) is 2. The molecule has 0 bridgehead atoms. The first kappa shape index (κ1) is 14.1. The third kappa shape index (κ3) is 4.05. The second-order valence-corrected chi connectivity index (χ2v) is 5.87. The summed E-state index contributed by atoms with van der Waals surface area (Å²) in [5, 5.41) is 8.31. The highest BCUT2D eigenvalue weighted by atomic mass is 32.2. The summed E-state index contributed by atoms with van der Waals surface area (Å²) in [7, 11) is 0. The van der Waals surface area contributed by atoms with E-state index in [4.69, 9.17) is 0 Å². The Hall–Kier alpha value is -1.87. The third-order valence-electron chi connectivity index (χ3n) is 2.46. The van der Waals surface area contributed by atoms with Crippen molar-refractivity contribution in [1.82, 2.24) is 4.98 Å². The molecule has 1 saturated heterocycles. The lowest BCUT2D eigenvalue weighted by atomic mass is 10.3. The number of nitrogens with zero attached hydrogens (tertiary/aromatic N) is 1. The summed E-state index contributed by atoms with van der Waals surface area (Å²) in [6.45, 7) is 0.500. The molecule has 3 heterocycles. The minimum atomic E-state index is -0.142. The molecule has 2 aliphatic heterocycles. The molecule has 2 N–H and O–H groups in total. The Morgan fingerprint density at radius 3 is 2.86 bits per heavy atom. The molecule has 21 heavy (non-hydrogen) atoms. The molecule has 1 fully saturated rings. The van der Waals surface area contributed by atoms with Gasteiger partial charge in [0.15, 0.2) is 5.13 Å². The van der Waals surface area contributed by atoms with Gasteiger partial charge in [0.2, 0.25) is 6.79 Å². The molecule has 2 aromatic rings. The Labute approximate surface area is 129 Å². The van der Waals surface area contributed by atoms with Crippen LogP contribution in [0.3, 0.4) is 0 Å². The molecule has 6 nitrogen and oxygen atoms in total. The molecule has 2 aliphatic rings. The molecule has 4 rings (SSSR count). The SMILES string of the molecule is C1OO1.O=C(Nc1nccs1)C1=CNc2ccccc2S1. The van der Waals surface area contributed by atoms with Crippen molar-refractivity contribution in [2.24, 2.45) is 0 Å². The summed E-state index contributed by atoms with van der Waals surface area (Å²) < 4.78 is 0. The number of thioether (sulfide) groups is 1. The predicted octanol–water partition coefficient (Wildman–Crippen LogP) is 3.05. The van der Waals surface area contributed by atoms with Gasteiger partial charge in [-0.05, 0) is 12.1 Å². The monoisotopic (exact) mass is 321 g/mol. The highest BCUT2D eigenvalue weighted by Crippen LogP contribution is 2.36. The van der Waals surface area contributed by atoms with Crippen LogP contribution in [-0.2, 0) is 14.6 Å². The molecule has 0 aliphatic carbocycles. The highest BCUT2D eigenvalue weighted by molar-refractivity contribution is 8.04. The Morgan fingerprint density at radius 2 is 2.14 bits per heavy atom. The van der Waals surface area contributed by atoms with Crippen molar-refractivity contribution in [1.29, 1.82) is 0 Å². The highest BCUT2D eigenvalue weighted by Gasteiger charge is 2.17. The quantitative estimate of drug-likeness (QED) is 0.654. The summed E-state index contributed by atoms with van der Waals surface area (Å²) in [4.78, 5) is 25.7. The van der Waals surface area contributed by atoms with Crippen LogP contribution in [-0.4, -0.2) is 17.7 Å². The molecule has 8 heteroatoms. The maximum atomic E-state index is 12.0. The average Bonchev–Trinajstić information content (AvgIpc) is 3.33. The van der Waals surface area contributed by atoms with Gasteiger partial charge in [0.25, 0.3) is 5.91 Å². The third-order valence-corrected chi connectivity index (χ3v) is 4.25. The van der Waals surface area contributed by atoms with Gasteiger partial charge in [-0.25, -0.2) is 14.8 Å². The second kappa shape index (κ2) is 6.72. The molecule has 0 spiro atoms. The van der Waals surface area contributed by atoms with Crippen LogP contribution in [0.2, 0.25) is 0 Å². The van der Waals surface area contributed by atoms with Gasteiger partial charge in [-0.1, -0.05) is 23.9 Å². The van der Waals surface area contributed by atoms with E-state index >= 15 is 0 Å². The van der Waals surface area contributed by atoms with Gasteiger partial charge in [0.05, 0.1) is 10.6 Å². The molecule has 0 unspecified atom stereocenters. The van der Waals surface area contributed by atoms with Crippen molar-refractivity contribution >= 4 is 39.8 Å². The van der Waals surface area contributed by atoms with Crippen LogP contribution in [0.25, 0.3) is 0 Å². The van der Waals surface area contributed by atoms with E-state index in [1.54, 1.807) is 12.4 Å². The molecule has 108 valence electrons. The fourth-order valence-electron chi connectivity index (χ4n) is 1.52. The number of hydrogen-bond acceptors (Lipinski definition) is 7. The number of benzene rings is 1. The minimum absolute atomic E-state index is 0.142. The second-order valence-electron chi connectivity index (χ2n) is 3.90. The first-order valence-electron chi connectivity index (χ1n) is 6.02. The minimum Gasteiger partial charge on any atom is -0.359 e. The zero-order valence-electron chi connectivity index (χ0n) is 10.7. The van der Waals surface area contributed by atoms with Crippen LogP contribution in [0.1, 0.15) is 0 Å². The molecular formula is C13H11N3O3S2. The number of carbonyl (C=O) groups excluding carboxylic acids is 1. The van der Waals surface area contributed by atoms with Crippen LogP contribution >= 0.6 is 23.1 Å². The van der Waals surface area contributed by atoms with Gasteiger partial charge in [-0.15, -0.1) is 11.3 Å². The Bertz CT molecular complexity index is 654. The van der Waals surface area contributed by atoms with Crippen molar-refractivity contribution in [2.45, 2.75) is 4.90 Å². The normalized spacial score (nSPS) is 14.8. The van der Waals surface area contributed by atoms with E-state index in [2.05, 4.69) is 25.4 Å². The summed E-state index contributed by atoms with van der Waals surface area (Å²) in [6.07, 6.45) is 3.38. The summed E-state index contributed by atoms with van der Waals surface area (Å²) in [6, 6.07) is 7.88. The van der Waals surface area contributed by atoms with Crippen LogP contribution < -0.4 is 10.6 Å². The predicted molar refractivity (Wildman–Crippen MR) is 81.8 cm³/mol. The molecule has 1 aromatic heterocycles. The van der Waals surface area contributed by atoms with Crippen LogP contribution in [0.4, 0.5) is 10.8 Å². The number of aromatic nitrogens is 1. The van der Waals surface area contributed by atoms with E-state index in [-0.39, 0.29) is 5.91 Å². The fourth-order valence-corrected chi connectivity index (χ4v) is 2.93. The van der Waals surface area contributed by atoms with Gasteiger partial charge in [0, 0.05) is 22.7 Å². The lowest BCUT2D eigenvalue weighted by Crippen LogP contribution is -2.15. The Kier molecular flexibility index (Phi) is 4.51.